The molecule has 1 atom stereocenters. The van der Waals surface area contributed by atoms with E-state index in [-0.39, 0.29) is 5.92 Å². The van der Waals surface area contributed by atoms with E-state index in [9.17, 15) is 9.59 Å². The molecule has 0 heterocycles. The van der Waals surface area contributed by atoms with Gasteiger partial charge < -0.3 is 9.47 Å². The molecule has 0 saturated heterocycles. The molecule has 0 aromatic heterocycles. The van der Waals surface area contributed by atoms with Gasteiger partial charge in [0.15, 0.2) is 5.41 Å². The van der Waals surface area contributed by atoms with Crippen LogP contribution in [0.25, 0.3) is 0 Å². The van der Waals surface area contributed by atoms with Crippen LogP contribution in [0.2, 0.25) is 0 Å². The zero-order valence-electron chi connectivity index (χ0n) is 13.3. The van der Waals surface area contributed by atoms with Crippen LogP contribution in [0.15, 0.2) is 24.3 Å². The lowest BCUT2D eigenvalue weighted by Crippen LogP contribution is -2.39. The summed E-state index contributed by atoms with van der Waals surface area (Å²) in [6.07, 6.45) is 9.45. The molecular formula is C17H26O4. The first kappa shape index (κ1) is 17.5. The van der Waals surface area contributed by atoms with Gasteiger partial charge in [0.25, 0.3) is 0 Å². The van der Waals surface area contributed by atoms with Gasteiger partial charge in [-0.1, -0.05) is 44.1 Å². The molecule has 0 N–H and O–H groups in total. The number of allylic oxidation sites excluding steroid dienone is 3. The molecule has 1 saturated carbocycles. The topological polar surface area (TPSA) is 52.6 Å². The van der Waals surface area contributed by atoms with Gasteiger partial charge in [0.1, 0.15) is 0 Å². The van der Waals surface area contributed by atoms with Gasteiger partial charge >= 0.3 is 11.9 Å². The number of carbonyl (C=O) groups is 2. The summed E-state index contributed by atoms with van der Waals surface area (Å²) in [6.45, 7) is 6.18. The van der Waals surface area contributed by atoms with Crippen LogP contribution in [-0.4, -0.2) is 26.2 Å². The summed E-state index contributed by atoms with van der Waals surface area (Å²) in [6, 6.07) is 0. The van der Waals surface area contributed by atoms with Gasteiger partial charge in [-0.15, -0.1) is 0 Å². The highest BCUT2D eigenvalue weighted by atomic mass is 16.5. The third kappa shape index (κ3) is 3.96. The molecule has 1 rings (SSSR count). The molecule has 0 aromatic carbocycles. The summed E-state index contributed by atoms with van der Waals surface area (Å²) in [5, 5.41) is 0. The van der Waals surface area contributed by atoms with E-state index in [0.29, 0.717) is 12.8 Å². The van der Waals surface area contributed by atoms with Crippen molar-refractivity contribution in [2.75, 3.05) is 14.2 Å². The van der Waals surface area contributed by atoms with Crippen molar-refractivity contribution in [3.8, 4) is 0 Å². The third-order valence-electron chi connectivity index (χ3n) is 4.12. The Hall–Kier alpha value is -1.58. The molecule has 1 aliphatic carbocycles. The molecule has 0 aromatic rings. The van der Waals surface area contributed by atoms with Gasteiger partial charge in [-0.2, -0.15) is 0 Å². The van der Waals surface area contributed by atoms with E-state index in [4.69, 9.17) is 9.47 Å². The molecule has 118 valence electrons. The van der Waals surface area contributed by atoms with E-state index in [1.165, 1.54) is 27.1 Å². The fourth-order valence-corrected chi connectivity index (χ4v) is 2.87. The van der Waals surface area contributed by atoms with E-state index in [0.717, 1.165) is 18.4 Å². The summed E-state index contributed by atoms with van der Waals surface area (Å²) in [5.74, 6) is -1.03. The Kier molecular flexibility index (Phi) is 6.66. The van der Waals surface area contributed by atoms with Crippen molar-refractivity contribution in [3.05, 3.63) is 24.3 Å². The van der Waals surface area contributed by atoms with Crippen LogP contribution in [0.3, 0.4) is 0 Å². The first-order valence-electron chi connectivity index (χ1n) is 7.53. The fourth-order valence-electron chi connectivity index (χ4n) is 2.87. The van der Waals surface area contributed by atoms with Gasteiger partial charge in [0.2, 0.25) is 0 Å². The molecule has 0 spiro atoms. The minimum Gasteiger partial charge on any atom is -0.468 e. The molecule has 1 fully saturated rings. The average molecular weight is 294 g/mol. The molecule has 0 amide bonds. The summed E-state index contributed by atoms with van der Waals surface area (Å²) < 4.78 is 9.62. The van der Waals surface area contributed by atoms with Crippen molar-refractivity contribution in [2.45, 2.75) is 45.4 Å². The number of carbonyl (C=O) groups excluding carboxylic acids is 2. The molecule has 4 heteroatoms. The summed E-state index contributed by atoms with van der Waals surface area (Å²) in [5.41, 5.74) is -0.337. The minimum atomic E-state index is -1.22. The normalized spacial score (nSPS) is 20.7. The Balaban J connectivity index is 2.77. The SMILES string of the molecule is C=C1CC(C(=O)OC)(C(=O)OC)CC1/C=C/CCCCC. The average Bonchev–Trinajstić information content (AvgIpc) is 2.83. The molecule has 21 heavy (non-hydrogen) atoms. The lowest BCUT2D eigenvalue weighted by molar-refractivity contribution is -0.168. The Morgan fingerprint density at radius 1 is 1.29 bits per heavy atom. The summed E-state index contributed by atoms with van der Waals surface area (Å²) in [7, 11) is 2.59. The summed E-state index contributed by atoms with van der Waals surface area (Å²) >= 11 is 0. The van der Waals surface area contributed by atoms with Crippen molar-refractivity contribution in [1.29, 1.82) is 0 Å². The zero-order valence-corrected chi connectivity index (χ0v) is 13.3. The largest absolute Gasteiger partial charge is 0.468 e. The maximum atomic E-state index is 12.1. The smallest absolute Gasteiger partial charge is 0.323 e. The van der Waals surface area contributed by atoms with Crippen LogP contribution < -0.4 is 0 Å². The van der Waals surface area contributed by atoms with Gasteiger partial charge in [0.05, 0.1) is 14.2 Å². The van der Waals surface area contributed by atoms with Gasteiger partial charge in [-0.05, 0) is 31.6 Å². The van der Waals surface area contributed by atoms with Crippen molar-refractivity contribution < 1.29 is 19.1 Å². The predicted octanol–water partition coefficient (Wildman–Crippen LogP) is 3.42. The van der Waals surface area contributed by atoms with Crippen LogP contribution in [-0.2, 0) is 19.1 Å². The predicted molar refractivity (Wildman–Crippen MR) is 81.6 cm³/mol. The number of hydrogen-bond donors (Lipinski definition) is 0. The van der Waals surface area contributed by atoms with Crippen molar-refractivity contribution in [3.63, 3.8) is 0 Å². The second kappa shape index (κ2) is 8.01. The van der Waals surface area contributed by atoms with Crippen molar-refractivity contribution in [2.24, 2.45) is 11.3 Å². The minimum absolute atomic E-state index is 0.0322. The quantitative estimate of drug-likeness (QED) is 0.312. The van der Waals surface area contributed by atoms with E-state index in [2.05, 4.69) is 25.7 Å². The van der Waals surface area contributed by atoms with Gasteiger partial charge in [-0.25, -0.2) is 0 Å². The van der Waals surface area contributed by atoms with Crippen LogP contribution >= 0.6 is 0 Å². The molecular weight excluding hydrogens is 268 g/mol. The maximum absolute atomic E-state index is 12.1. The van der Waals surface area contributed by atoms with Crippen LogP contribution in [0.5, 0.6) is 0 Å². The Morgan fingerprint density at radius 2 is 1.90 bits per heavy atom. The standard InChI is InChI=1S/C17H26O4/c1-5-6-7-8-9-10-14-12-17(11-13(14)2,15(18)20-3)16(19)21-4/h9-10,14H,2,5-8,11-12H2,1,3-4H3/b10-9+. The summed E-state index contributed by atoms with van der Waals surface area (Å²) in [4.78, 5) is 24.1. The Bertz CT molecular complexity index is 407. The first-order valence-corrected chi connectivity index (χ1v) is 7.53. The second-order valence-corrected chi connectivity index (χ2v) is 5.63. The molecule has 4 nitrogen and oxygen atoms in total. The van der Waals surface area contributed by atoms with E-state index in [1.54, 1.807) is 0 Å². The Labute approximate surface area is 127 Å². The first-order chi connectivity index (χ1) is 10.0. The number of esters is 2. The van der Waals surface area contributed by atoms with Crippen LogP contribution in [0.4, 0.5) is 0 Å². The van der Waals surface area contributed by atoms with Gasteiger partial charge in [0, 0.05) is 0 Å². The van der Waals surface area contributed by atoms with Gasteiger partial charge in [-0.3, -0.25) is 9.59 Å². The number of methoxy groups -OCH3 is 2. The van der Waals surface area contributed by atoms with E-state index >= 15 is 0 Å². The molecule has 0 aliphatic heterocycles. The number of hydrogen-bond acceptors (Lipinski definition) is 4. The molecule has 1 unspecified atom stereocenters. The monoisotopic (exact) mass is 294 g/mol. The van der Waals surface area contributed by atoms with Crippen molar-refractivity contribution in [1.82, 2.24) is 0 Å². The zero-order chi connectivity index (χ0) is 15.9. The van der Waals surface area contributed by atoms with Crippen LogP contribution in [0, 0.1) is 11.3 Å². The maximum Gasteiger partial charge on any atom is 0.323 e. The highest BCUT2D eigenvalue weighted by Crippen LogP contribution is 2.47. The lowest BCUT2D eigenvalue weighted by atomic mass is 9.85. The molecule has 0 bridgehead atoms. The lowest BCUT2D eigenvalue weighted by Gasteiger charge is -2.22. The Morgan fingerprint density at radius 3 is 2.43 bits per heavy atom. The number of unbranched alkanes of at least 4 members (excludes halogenated alkanes) is 3. The molecule has 1 aliphatic rings. The number of ether oxygens (including phenoxy) is 2. The van der Waals surface area contributed by atoms with E-state index < -0.39 is 17.4 Å². The van der Waals surface area contributed by atoms with Crippen LogP contribution in [0.1, 0.15) is 45.4 Å². The fraction of sp³-hybridized carbons (Fsp3) is 0.647. The van der Waals surface area contributed by atoms with E-state index in [1.807, 2.05) is 0 Å². The number of rotatable bonds is 7. The second-order valence-electron chi connectivity index (χ2n) is 5.63. The highest BCUT2D eigenvalue weighted by Gasteiger charge is 2.54. The highest BCUT2D eigenvalue weighted by molar-refractivity contribution is 6.01. The molecule has 0 radical (unpaired) electrons. The third-order valence-corrected chi connectivity index (χ3v) is 4.12. The van der Waals surface area contributed by atoms with Crippen molar-refractivity contribution >= 4 is 11.9 Å².